The minimum Gasteiger partial charge on any atom is -0.444 e. The molecule has 1 saturated carbocycles. The number of anilines is 1. The summed E-state index contributed by atoms with van der Waals surface area (Å²) in [4.78, 5) is 54.0. The van der Waals surface area contributed by atoms with E-state index in [4.69, 9.17) is 13.8 Å². The van der Waals surface area contributed by atoms with Crippen LogP contribution in [-0.4, -0.2) is 52.8 Å². The van der Waals surface area contributed by atoms with Gasteiger partial charge in [0.2, 0.25) is 11.8 Å². The van der Waals surface area contributed by atoms with E-state index >= 15 is 0 Å². The van der Waals surface area contributed by atoms with Gasteiger partial charge in [0.05, 0.1) is 12.3 Å². The Morgan fingerprint density at radius 1 is 0.962 bits per heavy atom. The van der Waals surface area contributed by atoms with Crippen LogP contribution >= 0.6 is 19.6 Å². The minimum absolute atomic E-state index is 0.0860. The lowest BCUT2D eigenvalue weighted by atomic mass is 9.86. The summed E-state index contributed by atoms with van der Waals surface area (Å²) in [7, 11) is -4.38. The Bertz CT molecular complexity index is 1710. The van der Waals surface area contributed by atoms with Crippen molar-refractivity contribution in [1.82, 2.24) is 10.6 Å². The number of hydrogen-bond donors (Lipinski definition) is 3. The van der Waals surface area contributed by atoms with Gasteiger partial charge in [-0.05, 0) is 87.8 Å². The molecule has 2 aliphatic rings. The van der Waals surface area contributed by atoms with Gasteiger partial charge in [-0.1, -0.05) is 86.7 Å². The molecule has 3 unspecified atom stereocenters. The van der Waals surface area contributed by atoms with Crippen molar-refractivity contribution >= 4 is 43.2 Å². The molecule has 1 heterocycles. The zero-order valence-corrected chi connectivity index (χ0v) is 32.5. The van der Waals surface area contributed by atoms with Gasteiger partial charge in [-0.3, -0.25) is 19.0 Å². The van der Waals surface area contributed by atoms with Crippen molar-refractivity contribution in [2.45, 2.75) is 108 Å². The van der Waals surface area contributed by atoms with Crippen LogP contribution in [0.5, 0.6) is 5.75 Å². The van der Waals surface area contributed by atoms with Crippen LogP contribution in [0.15, 0.2) is 83.8 Å². The van der Waals surface area contributed by atoms with E-state index in [0.717, 1.165) is 34.6 Å². The molecule has 0 saturated heterocycles. The quantitative estimate of drug-likeness (QED) is 0.131. The van der Waals surface area contributed by atoms with Crippen LogP contribution in [0.1, 0.15) is 83.3 Å². The van der Waals surface area contributed by atoms with Crippen molar-refractivity contribution in [3.8, 4) is 5.75 Å². The second kappa shape index (κ2) is 19.0. The highest BCUT2D eigenvalue weighted by Gasteiger charge is 2.34. The van der Waals surface area contributed by atoms with Gasteiger partial charge in [0.25, 0.3) is 0 Å². The van der Waals surface area contributed by atoms with Crippen LogP contribution in [0.3, 0.4) is 0 Å². The maximum absolute atomic E-state index is 14.1. The summed E-state index contributed by atoms with van der Waals surface area (Å²) in [5.41, 5.74) is 1.60. The van der Waals surface area contributed by atoms with Gasteiger partial charge in [-0.2, -0.15) is 0 Å². The molecular weight excluding hydrogens is 713 g/mol. The minimum atomic E-state index is -4.38. The number of benzene rings is 3. The van der Waals surface area contributed by atoms with Crippen molar-refractivity contribution in [3.63, 3.8) is 0 Å². The van der Waals surface area contributed by atoms with Crippen LogP contribution in [0.25, 0.3) is 0 Å². The third kappa shape index (κ3) is 12.9. The highest BCUT2D eigenvalue weighted by Crippen LogP contribution is 2.44. The van der Waals surface area contributed by atoms with Crippen molar-refractivity contribution in [1.29, 1.82) is 0 Å². The van der Waals surface area contributed by atoms with E-state index in [-0.39, 0.29) is 24.7 Å². The molecule has 3 atom stereocenters. The summed E-state index contributed by atoms with van der Waals surface area (Å²) in [6.45, 7) is 5.71. The number of nitrogens with one attached hydrogen (secondary N) is 2. The Labute approximate surface area is 317 Å². The molecule has 1 aliphatic heterocycles. The number of phosphoric ester groups is 1. The van der Waals surface area contributed by atoms with Gasteiger partial charge in [-0.15, -0.1) is 11.8 Å². The Hall–Kier alpha value is -3.83. The number of carbonyl (C=O) groups excluding carboxylic acids is 3. The van der Waals surface area contributed by atoms with E-state index in [1.807, 2.05) is 35.2 Å². The predicted octanol–water partition coefficient (Wildman–Crippen LogP) is 8.19. The molecule has 286 valence electrons. The lowest BCUT2D eigenvalue weighted by Crippen LogP contribution is -2.55. The van der Waals surface area contributed by atoms with Gasteiger partial charge < -0.3 is 24.8 Å². The predicted molar refractivity (Wildman–Crippen MR) is 207 cm³/mol. The topological polar surface area (TPSA) is 144 Å². The van der Waals surface area contributed by atoms with Gasteiger partial charge in [-0.25, -0.2) is 9.36 Å². The van der Waals surface area contributed by atoms with Crippen molar-refractivity contribution in [2.24, 2.45) is 5.92 Å². The monoisotopic (exact) mass is 765 g/mol. The Morgan fingerprint density at radius 2 is 1.66 bits per heavy atom. The number of alkyl carbamates (subject to hydrolysis) is 1. The maximum atomic E-state index is 14.1. The largest absolute Gasteiger partial charge is 0.527 e. The summed E-state index contributed by atoms with van der Waals surface area (Å²) < 4.78 is 28.4. The molecule has 0 radical (unpaired) electrons. The first kappa shape index (κ1) is 40.4. The van der Waals surface area contributed by atoms with Crippen molar-refractivity contribution in [3.05, 3.63) is 90.0 Å². The summed E-state index contributed by atoms with van der Waals surface area (Å²) >= 11 is 1.53. The zero-order valence-electron chi connectivity index (χ0n) is 30.8. The summed E-state index contributed by atoms with van der Waals surface area (Å²) in [6, 6.07) is 21.6. The SMILES string of the molecule is CC(C)(C)OC(=O)NC(CCc1ccc(OP(=O)(O)OCc2ccccc2)cc1)C(=O)NC1CSc2ccccc2N(CCCC2CCCCC2)C1=O. The molecule has 13 heteroatoms. The molecule has 3 aromatic carbocycles. The Morgan fingerprint density at radius 3 is 2.38 bits per heavy atom. The van der Waals surface area contributed by atoms with Crippen LogP contribution in [0, 0.1) is 5.92 Å². The van der Waals surface area contributed by atoms with Gasteiger partial charge in [0, 0.05) is 17.2 Å². The fraction of sp³-hybridized carbons (Fsp3) is 0.475. The number of rotatable bonds is 15. The summed E-state index contributed by atoms with van der Waals surface area (Å²) in [5.74, 6) is 0.539. The number of amides is 3. The molecule has 0 spiro atoms. The van der Waals surface area contributed by atoms with E-state index in [1.165, 1.54) is 43.9 Å². The van der Waals surface area contributed by atoms with E-state index in [1.54, 1.807) is 69.3 Å². The van der Waals surface area contributed by atoms with Gasteiger partial charge in [0.1, 0.15) is 23.4 Å². The summed E-state index contributed by atoms with van der Waals surface area (Å²) in [6.07, 6.45) is 8.13. The fourth-order valence-corrected chi connectivity index (χ4v) is 8.44. The fourth-order valence-electron chi connectivity index (χ4n) is 6.61. The first-order valence-electron chi connectivity index (χ1n) is 18.5. The number of hydrogen-bond acceptors (Lipinski definition) is 8. The molecule has 1 aliphatic carbocycles. The molecule has 0 bridgehead atoms. The number of nitrogens with zero attached hydrogens (tertiary/aromatic N) is 1. The first-order chi connectivity index (χ1) is 25.3. The molecule has 0 aromatic heterocycles. The number of phosphoric acid groups is 1. The third-order valence-electron chi connectivity index (χ3n) is 9.27. The standard InChI is InChI=1S/C40H52N3O8PS/c1-40(2,3)50-39(46)42-33(25-22-30-20-23-32(24-21-30)51-52(47,48)49-27-31-15-8-5-9-16-31)37(44)41-34-28-53-36-19-11-10-18-35(36)43(38(34)45)26-12-17-29-13-6-4-7-14-29/h5,8-11,15-16,18-21,23-24,29,33-34H,4,6-7,12-14,17,22,25-28H2,1-3H3,(H,41,44)(H,42,46)(H,47,48). The van der Waals surface area contributed by atoms with Crippen LogP contribution in [-0.2, 0) is 36.4 Å². The average Bonchev–Trinajstić information content (AvgIpc) is 3.25. The normalized spacial score (nSPS) is 18.2. The molecule has 1 fully saturated rings. The Kier molecular flexibility index (Phi) is 14.4. The molecular formula is C40H52N3O8PS. The second-order valence-corrected chi connectivity index (χ2v) is 17.1. The second-order valence-electron chi connectivity index (χ2n) is 14.7. The maximum Gasteiger partial charge on any atom is 0.527 e. The van der Waals surface area contributed by atoms with E-state index < -0.39 is 37.5 Å². The number of thioether (sulfide) groups is 1. The zero-order chi connectivity index (χ0) is 37.8. The molecule has 11 nitrogen and oxygen atoms in total. The third-order valence-corrected chi connectivity index (χ3v) is 11.3. The summed E-state index contributed by atoms with van der Waals surface area (Å²) in [5, 5.41) is 5.68. The highest BCUT2D eigenvalue weighted by molar-refractivity contribution is 7.99. The van der Waals surface area contributed by atoms with Crippen LogP contribution < -0.4 is 20.1 Å². The van der Waals surface area contributed by atoms with E-state index in [2.05, 4.69) is 10.6 Å². The smallest absolute Gasteiger partial charge is 0.444 e. The number of ether oxygens (including phenoxy) is 1. The van der Waals surface area contributed by atoms with Crippen molar-refractivity contribution < 1.29 is 37.6 Å². The van der Waals surface area contributed by atoms with Crippen molar-refractivity contribution in [2.75, 3.05) is 17.2 Å². The van der Waals surface area contributed by atoms with Gasteiger partial charge >= 0.3 is 13.9 Å². The van der Waals surface area contributed by atoms with E-state index in [0.29, 0.717) is 24.6 Å². The van der Waals surface area contributed by atoms with E-state index in [9.17, 15) is 23.8 Å². The highest BCUT2D eigenvalue weighted by atomic mass is 32.2. The molecule has 3 aromatic rings. The lowest BCUT2D eigenvalue weighted by Gasteiger charge is -2.28. The van der Waals surface area contributed by atoms with Crippen LogP contribution in [0.4, 0.5) is 10.5 Å². The Balaban J connectivity index is 1.22. The molecule has 3 N–H and O–H groups in total. The number of para-hydroxylation sites is 1. The number of aryl methyl sites for hydroxylation is 1. The molecule has 3 amide bonds. The molecule has 5 rings (SSSR count). The lowest BCUT2D eigenvalue weighted by molar-refractivity contribution is -0.128. The molecule has 53 heavy (non-hydrogen) atoms. The average molecular weight is 766 g/mol. The number of carbonyl (C=O) groups is 3. The van der Waals surface area contributed by atoms with Gasteiger partial charge in [0.15, 0.2) is 0 Å². The number of fused-ring (bicyclic) bond motifs is 1. The first-order valence-corrected chi connectivity index (χ1v) is 21.0. The van der Waals surface area contributed by atoms with Crippen LogP contribution in [0.2, 0.25) is 0 Å².